The van der Waals surface area contributed by atoms with Gasteiger partial charge in [0.05, 0.1) is 11.7 Å². The molecule has 2 fully saturated rings. The first kappa shape index (κ1) is 16.3. The van der Waals surface area contributed by atoms with Gasteiger partial charge in [-0.3, -0.25) is 0 Å². The molecule has 0 aromatic carbocycles. The van der Waals surface area contributed by atoms with E-state index in [0.717, 1.165) is 25.4 Å². The molecule has 0 radical (unpaired) electrons. The van der Waals surface area contributed by atoms with Gasteiger partial charge < -0.3 is 9.84 Å². The lowest BCUT2D eigenvalue weighted by Gasteiger charge is -2.48. The highest BCUT2D eigenvalue weighted by Crippen LogP contribution is 2.47. The molecule has 0 heterocycles. The number of hydrogen-bond acceptors (Lipinski definition) is 2. The summed E-state index contributed by atoms with van der Waals surface area (Å²) in [5, 5.41) is 11.0. The zero-order chi connectivity index (χ0) is 14.8. The molecule has 0 saturated heterocycles. The monoisotopic (exact) mass is 282 g/mol. The first-order chi connectivity index (χ1) is 9.38. The number of ether oxygens (including phenoxy) is 1. The maximum absolute atomic E-state index is 11.0. The summed E-state index contributed by atoms with van der Waals surface area (Å²) in [6.07, 6.45) is 9.06. The Morgan fingerprint density at radius 2 is 1.60 bits per heavy atom. The summed E-state index contributed by atoms with van der Waals surface area (Å²) >= 11 is 0. The summed E-state index contributed by atoms with van der Waals surface area (Å²) in [7, 11) is 0. The van der Waals surface area contributed by atoms with Gasteiger partial charge in [0.1, 0.15) is 0 Å². The molecular weight excluding hydrogens is 248 g/mol. The molecule has 0 spiro atoms. The Morgan fingerprint density at radius 1 is 1.05 bits per heavy atom. The predicted molar refractivity (Wildman–Crippen MR) is 83.7 cm³/mol. The third kappa shape index (κ3) is 3.57. The minimum atomic E-state index is -0.258. The van der Waals surface area contributed by atoms with E-state index in [-0.39, 0.29) is 11.7 Å². The highest BCUT2D eigenvalue weighted by molar-refractivity contribution is 4.98. The maximum atomic E-state index is 11.0. The second-order valence-corrected chi connectivity index (χ2v) is 8.13. The van der Waals surface area contributed by atoms with Crippen LogP contribution in [0.4, 0.5) is 0 Å². The van der Waals surface area contributed by atoms with Crippen molar-refractivity contribution in [1.29, 1.82) is 0 Å². The third-order valence-electron chi connectivity index (χ3n) is 5.93. The van der Waals surface area contributed by atoms with Gasteiger partial charge in [0, 0.05) is 6.61 Å². The van der Waals surface area contributed by atoms with Crippen molar-refractivity contribution in [3.05, 3.63) is 0 Å². The van der Waals surface area contributed by atoms with Gasteiger partial charge in [0.25, 0.3) is 0 Å². The predicted octanol–water partition coefficient (Wildman–Crippen LogP) is 4.55. The Hall–Kier alpha value is -0.0800. The third-order valence-corrected chi connectivity index (χ3v) is 5.93. The Balaban J connectivity index is 2.04. The van der Waals surface area contributed by atoms with Crippen molar-refractivity contribution < 1.29 is 9.84 Å². The van der Waals surface area contributed by atoms with Gasteiger partial charge in [-0.2, -0.15) is 0 Å². The van der Waals surface area contributed by atoms with Crippen LogP contribution in [-0.2, 0) is 4.74 Å². The van der Waals surface area contributed by atoms with Crippen LogP contribution in [0, 0.1) is 17.3 Å². The summed E-state index contributed by atoms with van der Waals surface area (Å²) in [4.78, 5) is 0. The Bertz CT molecular complexity index is 293. The van der Waals surface area contributed by atoms with Crippen molar-refractivity contribution in [2.24, 2.45) is 17.3 Å². The molecule has 2 nitrogen and oxygen atoms in total. The molecule has 0 bridgehead atoms. The second-order valence-electron chi connectivity index (χ2n) is 8.13. The van der Waals surface area contributed by atoms with E-state index in [1.807, 2.05) is 0 Å². The zero-order valence-corrected chi connectivity index (χ0v) is 14.0. The maximum Gasteiger partial charge on any atom is 0.0943 e. The summed E-state index contributed by atoms with van der Waals surface area (Å²) in [6.45, 7) is 9.82. The highest BCUT2D eigenvalue weighted by atomic mass is 16.5. The molecule has 0 aromatic heterocycles. The molecule has 0 aromatic rings. The number of rotatable bonds is 4. The van der Waals surface area contributed by atoms with Gasteiger partial charge in [-0.05, 0) is 62.7 Å². The van der Waals surface area contributed by atoms with Gasteiger partial charge in [-0.15, -0.1) is 0 Å². The first-order valence-electron chi connectivity index (χ1n) is 8.70. The molecule has 1 atom stereocenters. The molecule has 20 heavy (non-hydrogen) atoms. The lowest BCUT2D eigenvalue weighted by atomic mass is 9.65. The van der Waals surface area contributed by atoms with Crippen LogP contribution in [0.25, 0.3) is 0 Å². The van der Waals surface area contributed by atoms with Crippen LogP contribution in [0.15, 0.2) is 0 Å². The molecule has 2 rings (SSSR count). The van der Waals surface area contributed by atoms with Crippen molar-refractivity contribution in [3.8, 4) is 0 Å². The van der Waals surface area contributed by atoms with E-state index in [2.05, 4.69) is 27.7 Å². The molecule has 2 saturated carbocycles. The van der Waals surface area contributed by atoms with Crippen LogP contribution in [0.5, 0.6) is 0 Å². The molecule has 0 amide bonds. The lowest BCUT2D eigenvalue weighted by molar-refractivity contribution is -0.171. The van der Waals surface area contributed by atoms with Crippen LogP contribution < -0.4 is 0 Å². The van der Waals surface area contributed by atoms with E-state index in [9.17, 15) is 5.11 Å². The molecule has 2 aliphatic carbocycles. The SMILES string of the molecule is CCOC1(C(O)C2CCC(C)CC2)CCC(C)(C)CC1. The van der Waals surface area contributed by atoms with E-state index < -0.39 is 0 Å². The van der Waals surface area contributed by atoms with Crippen LogP contribution in [-0.4, -0.2) is 23.4 Å². The molecule has 2 aliphatic rings. The van der Waals surface area contributed by atoms with Crippen molar-refractivity contribution in [2.45, 2.75) is 90.8 Å². The summed E-state index contributed by atoms with van der Waals surface area (Å²) in [6, 6.07) is 0. The van der Waals surface area contributed by atoms with Crippen LogP contribution in [0.1, 0.15) is 79.1 Å². The Morgan fingerprint density at radius 3 is 2.10 bits per heavy atom. The molecule has 0 aliphatic heterocycles. The molecule has 1 unspecified atom stereocenters. The minimum absolute atomic E-state index is 0.254. The normalized spacial score (nSPS) is 34.6. The molecule has 1 N–H and O–H groups in total. The lowest BCUT2D eigenvalue weighted by Crippen LogP contribution is -2.52. The van der Waals surface area contributed by atoms with Crippen molar-refractivity contribution in [1.82, 2.24) is 0 Å². The minimum Gasteiger partial charge on any atom is -0.390 e. The Labute approximate surface area is 125 Å². The van der Waals surface area contributed by atoms with E-state index in [4.69, 9.17) is 4.74 Å². The van der Waals surface area contributed by atoms with Crippen LogP contribution >= 0.6 is 0 Å². The first-order valence-corrected chi connectivity index (χ1v) is 8.70. The van der Waals surface area contributed by atoms with Gasteiger partial charge in [0.15, 0.2) is 0 Å². The standard InChI is InChI=1S/C18H34O2/c1-5-20-18(12-10-17(3,4)11-13-18)16(19)15-8-6-14(2)7-9-15/h14-16,19H,5-13H2,1-4H3. The summed E-state index contributed by atoms with van der Waals surface area (Å²) in [5.74, 6) is 1.30. The van der Waals surface area contributed by atoms with E-state index in [1.165, 1.54) is 38.5 Å². The van der Waals surface area contributed by atoms with Gasteiger partial charge >= 0.3 is 0 Å². The average Bonchev–Trinajstić information content (AvgIpc) is 2.42. The average molecular weight is 282 g/mol. The van der Waals surface area contributed by atoms with Crippen LogP contribution in [0.2, 0.25) is 0 Å². The van der Waals surface area contributed by atoms with E-state index >= 15 is 0 Å². The fourth-order valence-corrected chi connectivity index (χ4v) is 4.19. The fourth-order valence-electron chi connectivity index (χ4n) is 4.19. The molecule has 118 valence electrons. The highest BCUT2D eigenvalue weighted by Gasteiger charge is 2.47. The topological polar surface area (TPSA) is 29.5 Å². The van der Waals surface area contributed by atoms with E-state index in [1.54, 1.807) is 0 Å². The van der Waals surface area contributed by atoms with Gasteiger partial charge in [-0.1, -0.05) is 33.6 Å². The van der Waals surface area contributed by atoms with Crippen LogP contribution in [0.3, 0.4) is 0 Å². The number of aliphatic hydroxyl groups excluding tert-OH is 1. The van der Waals surface area contributed by atoms with Crippen molar-refractivity contribution >= 4 is 0 Å². The van der Waals surface area contributed by atoms with Crippen molar-refractivity contribution in [3.63, 3.8) is 0 Å². The number of hydrogen-bond donors (Lipinski definition) is 1. The van der Waals surface area contributed by atoms with Gasteiger partial charge in [0.2, 0.25) is 0 Å². The second kappa shape index (κ2) is 6.36. The fraction of sp³-hybridized carbons (Fsp3) is 1.00. The molecular formula is C18H34O2. The van der Waals surface area contributed by atoms with Crippen molar-refractivity contribution in [2.75, 3.05) is 6.61 Å². The van der Waals surface area contributed by atoms with Gasteiger partial charge in [-0.25, -0.2) is 0 Å². The zero-order valence-electron chi connectivity index (χ0n) is 14.0. The number of aliphatic hydroxyl groups is 1. The smallest absolute Gasteiger partial charge is 0.0943 e. The Kier molecular flexibility index (Phi) is 5.18. The quantitative estimate of drug-likeness (QED) is 0.819. The van der Waals surface area contributed by atoms with E-state index in [0.29, 0.717) is 11.3 Å². The summed E-state index contributed by atoms with van der Waals surface area (Å²) < 4.78 is 6.16. The summed E-state index contributed by atoms with van der Waals surface area (Å²) in [5.41, 5.74) is 0.164. The molecule has 2 heteroatoms. The largest absolute Gasteiger partial charge is 0.390 e.